The molecule has 28 heavy (non-hydrogen) atoms. The molecule has 2 heterocycles. The molecule has 2 aliphatic heterocycles. The van der Waals surface area contributed by atoms with Crippen molar-refractivity contribution in [1.82, 2.24) is 5.32 Å². The van der Waals surface area contributed by atoms with Gasteiger partial charge in [0.15, 0.2) is 5.17 Å². The van der Waals surface area contributed by atoms with Gasteiger partial charge in [0, 0.05) is 4.90 Å². The summed E-state index contributed by atoms with van der Waals surface area (Å²) in [7, 11) is -1.34. The fraction of sp³-hybridized carbons (Fsp3) is 0.250. The molecule has 8 nitrogen and oxygen atoms in total. The first-order valence-corrected chi connectivity index (χ1v) is 11.1. The molecule has 0 saturated carbocycles. The average Bonchev–Trinajstić information content (AvgIpc) is 2.62. The molecule has 5 N–H and O–H groups in total. The number of carbonyl (C=O) groups is 2. The second-order valence-electron chi connectivity index (χ2n) is 5.78. The molecule has 12 heteroatoms. The molecule has 1 aromatic rings. The third kappa shape index (κ3) is 4.71. The Balaban J connectivity index is 1.88. The van der Waals surface area contributed by atoms with E-state index in [2.05, 4.69) is 16.0 Å². The number of carbonyl (C=O) groups excluding carboxylic acids is 1. The Bertz CT molecular complexity index is 917. The van der Waals surface area contributed by atoms with Gasteiger partial charge in [-0.05, 0) is 36.1 Å². The summed E-state index contributed by atoms with van der Waals surface area (Å²) in [5.41, 5.74) is 9.14. The number of carboxylic acid groups (broad SMARTS) is 1. The highest BCUT2D eigenvalue weighted by molar-refractivity contribution is 8.29. The Labute approximate surface area is 174 Å². The molecule has 3 rings (SSSR count). The third-order valence-corrected chi connectivity index (χ3v) is 6.37. The van der Waals surface area contributed by atoms with Gasteiger partial charge in [0.05, 0.1) is 22.1 Å². The zero-order valence-corrected chi connectivity index (χ0v) is 17.1. The summed E-state index contributed by atoms with van der Waals surface area (Å²) in [5, 5.41) is 23.1. The highest BCUT2D eigenvalue weighted by atomic mass is 32.2. The maximum absolute atomic E-state index is 11.9. The van der Waals surface area contributed by atoms with E-state index in [1.165, 1.54) is 41.5 Å². The summed E-state index contributed by atoms with van der Waals surface area (Å²) in [6.45, 7) is 0. The van der Waals surface area contributed by atoms with E-state index < -0.39 is 19.0 Å². The van der Waals surface area contributed by atoms with Gasteiger partial charge in [-0.15, -0.1) is 0 Å². The molecule has 0 radical (unpaired) electrons. The molecule has 0 saturated heterocycles. The number of nitrogens with two attached hydrogens (primary N) is 1. The lowest BCUT2D eigenvalue weighted by atomic mass is 9.72. The first-order chi connectivity index (χ1) is 13.4. The number of amidine groups is 1. The molecule has 1 amide bonds. The molecular weight excluding hydrogens is 421 g/mol. The lowest BCUT2D eigenvalue weighted by Crippen LogP contribution is -2.53. The van der Waals surface area contributed by atoms with E-state index in [0.29, 0.717) is 19.9 Å². The molecule has 146 valence electrons. The maximum Gasteiger partial charge on any atom is 0.547 e. The number of rotatable bonds is 6. The largest absolute Gasteiger partial charge is 0.547 e. The van der Waals surface area contributed by atoms with Crippen molar-refractivity contribution in [2.24, 2.45) is 10.7 Å². The average molecular weight is 437 g/mol. The van der Waals surface area contributed by atoms with Gasteiger partial charge in [0.2, 0.25) is 5.91 Å². The highest BCUT2D eigenvalue weighted by Crippen LogP contribution is 2.42. The molecule has 0 fully saturated rings. The number of amides is 1. The van der Waals surface area contributed by atoms with Gasteiger partial charge in [0.25, 0.3) is 0 Å². The van der Waals surface area contributed by atoms with Crippen molar-refractivity contribution < 1.29 is 24.4 Å². The van der Waals surface area contributed by atoms with Crippen LogP contribution in [0.25, 0.3) is 0 Å². The Morgan fingerprint density at radius 3 is 3.00 bits per heavy atom. The zero-order valence-electron chi connectivity index (χ0n) is 14.7. The number of fused-ring (bicyclic) bond motifs is 1. The van der Waals surface area contributed by atoms with E-state index in [1.807, 2.05) is 0 Å². The van der Waals surface area contributed by atoms with E-state index in [9.17, 15) is 19.7 Å². The van der Waals surface area contributed by atoms with Crippen LogP contribution < -0.4 is 15.7 Å². The van der Waals surface area contributed by atoms with Crippen LogP contribution in [-0.2, 0) is 11.2 Å². The minimum Gasteiger partial charge on any atom is -0.534 e. The fourth-order valence-electron chi connectivity index (χ4n) is 2.68. The summed E-state index contributed by atoms with van der Waals surface area (Å²) in [5.74, 6) is -1.68. The SMILES string of the molecule is CSCC(=O)N[C@H]1Cc2ccc(SC3=C=CN=C(N)S3)c(C(=O)O)c2OB1O. The smallest absolute Gasteiger partial charge is 0.534 e. The summed E-state index contributed by atoms with van der Waals surface area (Å²) in [6, 6.07) is 3.41. The van der Waals surface area contributed by atoms with E-state index in [-0.39, 0.29) is 29.4 Å². The van der Waals surface area contributed by atoms with Crippen molar-refractivity contribution >= 4 is 59.4 Å². The van der Waals surface area contributed by atoms with Gasteiger partial charge in [-0.3, -0.25) is 4.79 Å². The number of hydrogen-bond donors (Lipinski definition) is 4. The molecule has 0 aromatic heterocycles. The van der Waals surface area contributed by atoms with Crippen LogP contribution in [0.1, 0.15) is 15.9 Å². The molecular formula is C16H16BN3O5S3. The van der Waals surface area contributed by atoms with Crippen LogP contribution in [0.2, 0.25) is 0 Å². The van der Waals surface area contributed by atoms with Gasteiger partial charge in [0.1, 0.15) is 11.3 Å². The van der Waals surface area contributed by atoms with E-state index in [0.717, 1.165) is 0 Å². The Kier molecular flexibility index (Phi) is 6.68. The number of carboxylic acids is 1. The van der Waals surface area contributed by atoms with Crippen LogP contribution in [0, 0.1) is 0 Å². The summed E-state index contributed by atoms with van der Waals surface area (Å²) >= 11 is 3.73. The van der Waals surface area contributed by atoms with Crippen LogP contribution in [0.5, 0.6) is 5.75 Å². The Hall–Kier alpha value is -1.98. The first-order valence-electron chi connectivity index (χ1n) is 8.05. The molecule has 0 bridgehead atoms. The number of benzene rings is 1. The normalized spacial score (nSPS) is 17.9. The predicted octanol–water partition coefficient (Wildman–Crippen LogP) is 1.29. The number of hydrogen-bond acceptors (Lipinski definition) is 9. The number of nitrogens with zero attached hydrogens (tertiary/aromatic N) is 1. The summed E-state index contributed by atoms with van der Waals surface area (Å²) in [6.07, 6.45) is 3.49. The van der Waals surface area contributed by atoms with Crippen molar-refractivity contribution in [2.45, 2.75) is 17.3 Å². The predicted molar refractivity (Wildman–Crippen MR) is 113 cm³/mol. The van der Waals surface area contributed by atoms with E-state index in [1.54, 1.807) is 18.4 Å². The maximum atomic E-state index is 11.9. The van der Waals surface area contributed by atoms with Crippen LogP contribution in [0.4, 0.5) is 0 Å². The molecule has 1 aromatic carbocycles. The van der Waals surface area contributed by atoms with Gasteiger partial charge >= 0.3 is 13.1 Å². The third-order valence-electron chi connectivity index (χ3n) is 3.83. The van der Waals surface area contributed by atoms with E-state index in [4.69, 9.17) is 10.4 Å². The van der Waals surface area contributed by atoms with Crippen molar-refractivity contribution in [3.05, 3.63) is 39.4 Å². The Morgan fingerprint density at radius 1 is 1.54 bits per heavy atom. The molecule has 1 atom stereocenters. The second kappa shape index (κ2) is 9.02. The van der Waals surface area contributed by atoms with Gasteiger partial charge in [-0.25, -0.2) is 9.79 Å². The van der Waals surface area contributed by atoms with Crippen LogP contribution in [0.3, 0.4) is 0 Å². The molecule has 0 aliphatic carbocycles. The second-order valence-corrected chi connectivity index (χ2v) is 8.99. The standard InChI is InChI=1S/C16H16BN3O5S3/c1-26-7-11(21)20-10-6-8-2-3-9(27-12-4-5-19-16(18)28-12)13(15(22)23)14(8)25-17(10)24/h2-3,5,10,24H,6-7H2,1H3,(H2,18,19)(H,20,21)(H,22,23)/t10-/m0/s1. The molecule has 2 aliphatic rings. The highest BCUT2D eigenvalue weighted by Gasteiger charge is 2.38. The monoisotopic (exact) mass is 437 g/mol. The van der Waals surface area contributed by atoms with Gasteiger partial charge in [-0.1, -0.05) is 23.6 Å². The summed E-state index contributed by atoms with van der Waals surface area (Å²) < 4.78 is 6.16. The lowest BCUT2D eigenvalue weighted by molar-refractivity contribution is -0.118. The Morgan fingerprint density at radius 2 is 2.32 bits per heavy atom. The molecule has 0 spiro atoms. The van der Waals surface area contributed by atoms with Gasteiger partial charge in [-0.2, -0.15) is 11.8 Å². The number of aromatic carboxylic acids is 1. The van der Waals surface area contributed by atoms with Crippen molar-refractivity contribution in [3.8, 4) is 5.75 Å². The quantitative estimate of drug-likeness (QED) is 0.384. The minimum absolute atomic E-state index is 0.0496. The van der Waals surface area contributed by atoms with Crippen molar-refractivity contribution in [3.63, 3.8) is 0 Å². The minimum atomic E-state index is -1.34. The van der Waals surface area contributed by atoms with Crippen LogP contribution >= 0.6 is 35.3 Å². The lowest BCUT2D eigenvalue weighted by Gasteiger charge is -2.29. The van der Waals surface area contributed by atoms with Crippen LogP contribution in [-0.4, -0.2) is 52.2 Å². The summed E-state index contributed by atoms with van der Waals surface area (Å²) in [4.78, 5) is 28.0. The number of nitrogens with one attached hydrogen (secondary N) is 1. The zero-order chi connectivity index (χ0) is 20.3. The van der Waals surface area contributed by atoms with Crippen molar-refractivity contribution in [2.75, 3.05) is 12.0 Å². The van der Waals surface area contributed by atoms with Crippen LogP contribution in [0.15, 0.2) is 38.2 Å². The number of thioether (sulfide) groups is 3. The van der Waals surface area contributed by atoms with E-state index >= 15 is 0 Å². The van der Waals surface area contributed by atoms with Gasteiger partial charge < -0.3 is 25.8 Å². The topological polar surface area (TPSA) is 134 Å². The number of aliphatic imine (C=N–C) groups is 1. The molecule has 0 unspecified atom stereocenters. The fourth-order valence-corrected chi connectivity index (χ4v) is 4.86. The van der Waals surface area contributed by atoms with Crippen molar-refractivity contribution in [1.29, 1.82) is 0 Å². The first kappa shape index (κ1) is 20.8.